The number of rotatable bonds is 4. The van der Waals surface area contributed by atoms with Crippen molar-refractivity contribution in [2.75, 3.05) is 19.6 Å². The molecule has 1 aliphatic rings. The van der Waals surface area contributed by atoms with E-state index in [1.54, 1.807) is 6.20 Å². The molecule has 0 atom stereocenters. The van der Waals surface area contributed by atoms with Crippen LogP contribution in [0, 0.1) is 6.92 Å². The topological polar surface area (TPSA) is 58.4 Å². The highest BCUT2D eigenvalue weighted by atomic mass is 16.4. The molecule has 0 unspecified atom stereocenters. The van der Waals surface area contributed by atoms with Gasteiger partial charge < -0.3 is 9.32 Å². The summed E-state index contributed by atoms with van der Waals surface area (Å²) in [6, 6.07) is 0. The molecule has 1 aromatic rings. The predicted molar refractivity (Wildman–Crippen MR) is 58.8 cm³/mol. The van der Waals surface area contributed by atoms with E-state index in [-0.39, 0.29) is 5.91 Å². The molecule has 1 saturated heterocycles. The standard InChI is InChI=1S/C11H17N3O2/c1-9-6-13-10(16-9)7-12-8-11(15)14-4-2-3-5-14/h6,12H,2-5,7-8H2,1H3. The number of oxazole rings is 1. The van der Waals surface area contributed by atoms with E-state index in [2.05, 4.69) is 10.3 Å². The van der Waals surface area contributed by atoms with E-state index in [9.17, 15) is 4.79 Å². The van der Waals surface area contributed by atoms with Gasteiger partial charge in [-0.3, -0.25) is 10.1 Å². The normalized spacial score (nSPS) is 15.7. The van der Waals surface area contributed by atoms with Crippen molar-refractivity contribution >= 4 is 5.91 Å². The van der Waals surface area contributed by atoms with Gasteiger partial charge in [0, 0.05) is 13.1 Å². The van der Waals surface area contributed by atoms with Gasteiger partial charge in [-0.15, -0.1) is 0 Å². The molecule has 1 amide bonds. The molecule has 0 radical (unpaired) electrons. The van der Waals surface area contributed by atoms with Crippen molar-refractivity contribution in [3.8, 4) is 0 Å². The zero-order valence-corrected chi connectivity index (χ0v) is 9.53. The second kappa shape index (κ2) is 5.12. The van der Waals surface area contributed by atoms with Gasteiger partial charge in [0.2, 0.25) is 11.8 Å². The lowest BCUT2D eigenvalue weighted by molar-refractivity contribution is -0.129. The number of hydrogen-bond acceptors (Lipinski definition) is 4. The number of nitrogens with one attached hydrogen (secondary N) is 1. The number of nitrogens with zero attached hydrogens (tertiary/aromatic N) is 2. The fraction of sp³-hybridized carbons (Fsp3) is 0.636. The molecular formula is C11H17N3O2. The molecule has 0 aliphatic carbocycles. The highest BCUT2D eigenvalue weighted by molar-refractivity contribution is 5.78. The van der Waals surface area contributed by atoms with Crippen molar-refractivity contribution < 1.29 is 9.21 Å². The quantitative estimate of drug-likeness (QED) is 0.816. The Morgan fingerprint density at radius 1 is 1.56 bits per heavy atom. The number of hydrogen-bond donors (Lipinski definition) is 1. The van der Waals surface area contributed by atoms with E-state index < -0.39 is 0 Å². The van der Waals surface area contributed by atoms with E-state index in [0.29, 0.717) is 19.0 Å². The molecule has 1 aromatic heterocycles. The number of carbonyl (C=O) groups is 1. The molecule has 5 nitrogen and oxygen atoms in total. The van der Waals surface area contributed by atoms with Crippen molar-refractivity contribution in [2.45, 2.75) is 26.3 Å². The van der Waals surface area contributed by atoms with Crippen molar-refractivity contribution in [3.05, 3.63) is 17.8 Å². The molecule has 1 N–H and O–H groups in total. The van der Waals surface area contributed by atoms with Gasteiger partial charge in [-0.1, -0.05) is 0 Å². The zero-order valence-electron chi connectivity index (χ0n) is 9.53. The molecule has 0 bridgehead atoms. The van der Waals surface area contributed by atoms with Crippen molar-refractivity contribution in [3.63, 3.8) is 0 Å². The monoisotopic (exact) mass is 223 g/mol. The van der Waals surface area contributed by atoms with Crippen LogP contribution in [-0.4, -0.2) is 35.4 Å². The van der Waals surface area contributed by atoms with Crippen molar-refractivity contribution in [1.29, 1.82) is 0 Å². The lowest BCUT2D eigenvalue weighted by atomic mass is 10.4. The highest BCUT2D eigenvalue weighted by Crippen LogP contribution is 2.07. The molecule has 5 heteroatoms. The fourth-order valence-electron chi connectivity index (χ4n) is 1.84. The molecule has 88 valence electrons. The van der Waals surface area contributed by atoms with Gasteiger partial charge in [0.1, 0.15) is 5.76 Å². The van der Waals surface area contributed by atoms with Crippen LogP contribution in [0.3, 0.4) is 0 Å². The minimum absolute atomic E-state index is 0.167. The second-order valence-electron chi connectivity index (χ2n) is 4.06. The maximum absolute atomic E-state index is 11.7. The van der Waals surface area contributed by atoms with Gasteiger partial charge in [0.05, 0.1) is 19.3 Å². The summed E-state index contributed by atoms with van der Waals surface area (Å²) >= 11 is 0. The summed E-state index contributed by atoms with van der Waals surface area (Å²) in [7, 11) is 0. The molecular weight excluding hydrogens is 206 g/mol. The lowest BCUT2D eigenvalue weighted by Crippen LogP contribution is -2.36. The summed E-state index contributed by atoms with van der Waals surface area (Å²) < 4.78 is 5.29. The average molecular weight is 223 g/mol. The summed E-state index contributed by atoms with van der Waals surface area (Å²) in [6.45, 7) is 4.53. The van der Waals surface area contributed by atoms with Gasteiger partial charge in [0.25, 0.3) is 0 Å². The molecule has 2 rings (SSSR count). The highest BCUT2D eigenvalue weighted by Gasteiger charge is 2.17. The van der Waals surface area contributed by atoms with Gasteiger partial charge in [0.15, 0.2) is 0 Å². The Hall–Kier alpha value is -1.36. The summed E-state index contributed by atoms with van der Waals surface area (Å²) in [4.78, 5) is 17.6. The first kappa shape index (κ1) is 11.1. The van der Waals surface area contributed by atoms with Gasteiger partial charge in [-0.05, 0) is 19.8 Å². The van der Waals surface area contributed by atoms with E-state index in [4.69, 9.17) is 4.42 Å². The minimum atomic E-state index is 0.167. The van der Waals surface area contributed by atoms with Crippen LogP contribution in [0.15, 0.2) is 10.6 Å². The smallest absolute Gasteiger partial charge is 0.236 e. The van der Waals surface area contributed by atoms with Gasteiger partial charge in [-0.2, -0.15) is 0 Å². The number of aromatic nitrogens is 1. The second-order valence-corrected chi connectivity index (χ2v) is 4.06. The van der Waals surface area contributed by atoms with E-state index in [1.807, 2.05) is 11.8 Å². The maximum Gasteiger partial charge on any atom is 0.236 e. The van der Waals surface area contributed by atoms with E-state index >= 15 is 0 Å². The Labute approximate surface area is 94.8 Å². The fourth-order valence-corrected chi connectivity index (χ4v) is 1.84. The van der Waals surface area contributed by atoms with Crippen molar-refractivity contribution in [1.82, 2.24) is 15.2 Å². The molecule has 0 spiro atoms. The Balaban J connectivity index is 1.69. The molecule has 1 fully saturated rings. The van der Waals surface area contributed by atoms with Crippen LogP contribution in [-0.2, 0) is 11.3 Å². The predicted octanol–water partition coefficient (Wildman–Crippen LogP) is 0.695. The third kappa shape index (κ3) is 2.82. The van der Waals surface area contributed by atoms with Crippen molar-refractivity contribution in [2.24, 2.45) is 0 Å². The van der Waals surface area contributed by atoms with Crippen LogP contribution in [0.5, 0.6) is 0 Å². The lowest BCUT2D eigenvalue weighted by Gasteiger charge is -2.14. The third-order valence-corrected chi connectivity index (χ3v) is 2.68. The zero-order chi connectivity index (χ0) is 11.4. The first-order chi connectivity index (χ1) is 7.75. The van der Waals surface area contributed by atoms with Crippen LogP contribution in [0.25, 0.3) is 0 Å². The van der Waals surface area contributed by atoms with Gasteiger partial charge in [-0.25, -0.2) is 4.98 Å². The average Bonchev–Trinajstić information content (AvgIpc) is 2.89. The van der Waals surface area contributed by atoms with Crippen LogP contribution in [0.1, 0.15) is 24.5 Å². The van der Waals surface area contributed by atoms with Crippen LogP contribution in [0.4, 0.5) is 0 Å². The molecule has 0 aromatic carbocycles. The van der Waals surface area contributed by atoms with Crippen LogP contribution < -0.4 is 5.32 Å². The molecule has 1 aliphatic heterocycles. The Morgan fingerprint density at radius 2 is 2.31 bits per heavy atom. The van der Waals surface area contributed by atoms with E-state index in [1.165, 1.54) is 0 Å². The first-order valence-electron chi connectivity index (χ1n) is 5.65. The molecule has 16 heavy (non-hydrogen) atoms. The van der Waals surface area contributed by atoms with E-state index in [0.717, 1.165) is 31.7 Å². The first-order valence-corrected chi connectivity index (χ1v) is 5.65. The Kier molecular flexibility index (Phi) is 3.56. The third-order valence-electron chi connectivity index (χ3n) is 2.68. The summed E-state index contributed by atoms with van der Waals surface area (Å²) in [6.07, 6.45) is 3.94. The Bertz CT molecular complexity index is 356. The van der Waals surface area contributed by atoms with Crippen LogP contribution >= 0.6 is 0 Å². The summed E-state index contributed by atoms with van der Waals surface area (Å²) in [5.74, 6) is 1.59. The number of amides is 1. The number of likely N-dealkylation sites (tertiary alicyclic amines) is 1. The largest absolute Gasteiger partial charge is 0.445 e. The van der Waals surface area contributed by atoms with Crippen LogP contribution in [0.2, 0.25) is 0 Å². The number of aryl methyl sites for hydroxylation is 1. The maximum atomic E-state index is 11.7. The SMILES string of the molecule is Cc1cnc(CNCC(=O)N2CCCC2)o1. The summed E-state index contributed by atoms with van der Waals surface area (Å²) in [5.41, 5.74) is 0. The Morgan fingerprint density at radius 3 is 2.94 bits per heavy atom. The molecule has 2 heterocycles. The summed E-state index contributed by atoms with van der Waals surface area (Å²) in [5, 5.41) is 3.04. The van der Waals surface area contributed by atoms with Gasteiger partial charge >= 0.3 is 0 Å². The minimum Gasteiger partial charge on any atom is -0.445 e. The number of carbonyl (C=O) groups excluding carboxylic acids is 1. The molecule has 0 saturated carbocycles.